The topological polar surface area (TPSA) is 64.4 Å². The zero-order chi connectivity index (χ0) is 16.9. The van der Waals surface area contributed by atoms with Crippen molar-refractivity contribution in [3.63, 3.8) is 0 Å². The molecule has 4 nitrogen and oxygen atoms in total. The molecular weight excluding hydrogens is 300 g/mol. The molecule has 3 N–H and O–H groups in total. The fourth-order valence-corrected chi connectivity index (χ4v) is 4.93. The number of rotatable bonds is 2. The number of anilines is 1. The van der Waals surface area contributed by atoms with Gasteiger partial charge in [-0.25, -0.2) is 0 Å². The van der Waals surface area contributed by atoms with Gasteiger partial charge in [-0.1, -0.05) is 6.42 Å². The molecule has 3 aliphatic rings. The Labute approximate surface area is 144 Å². The van der Waals surface area contributed by atoms with Crippen molar-refractivity contribution in [1.29, 1.82) is 0 Å². The van der Waals surface area contributed by atoms with Crippen molar-refractivity contribution in [2.24, 2.45) is 23.5 Å². The van der Waals surface area contributed by atoms with E-state index < -0.39 is 0 Å². The van der Waals surface area contributed by atoms with Gasteiger partial charge in [0.2, 0.25) is 5.91 Å². The largest absolute Gasteiger partial charge is 0.487 e. The summed E-state index contributed by atoms with van der Waals surface area (Å²) in [5, 5.41) is 3.14. The Hall–Kier alpha value is -1.55. The Balaban J connectivity index is 1.44. The zero-order valence-electron chi connectivity index (χ0n) is 14.7. The molecule has 4 rings (SSSR count). The van der Waals surface area contributed by atoms with E-state index in [0.29, 0.717) is 17.9 Å². The SMILES string of the molecule is CC1(C)Cc2cc(NC(=O)C3CC4CCCC(C3)C4N)ccc2O1. The highest BCUT2D eigenvalue weighted by atomic mass is 16.5. The summed E-state index contributed by atoms with van der Waals surface area (Å²) in [6.45, 7) is 4.19. The first kappa shape index (κ1) is 15.9. The van der Waals surface area contributed by atoms with Gasteiger partial charge in [0.25, 0.3) is 0 Å². The Morgan fingerprint density at radius 1 is 1.25 bits per heavy atom. The van der Waals surface area contributed by atoms with Crippen LogP contribution in [-0.2, 0) is 11.2 Å². The fraction of sp³-hybridized carbons (Fsp3) is 0.650. The number of hydrogen-bond donors (Lipinski definition) is 2. The Kier molecular flexibility index (Phi) is 3.83. The van der Waals surface area contributed by atoms with Crippen molar-refractivity contribution >= 4 is 11.6 Å². The molecule has 1 aliphatic heterocycles. The first-order valence-electron chi connectivity index (χ1n) is 9.30. The molecule has 0 saturated heterocycles. The predicted octanol–water partition coefficient (Wildman–Crippen LogP) is 3.49. The second-order valence-electron chi connectivity index (χ2n) is 8.55. The van der Waals surface area contributed by atoms with Gasteiger partial charge in [0.1, 0.15) is 11.4 Å². The quantitative estimate of drug-likeness (QED) is 0.873. The highest BCUT2D eigenvalue weighted by Gasteiger charge is 2.40. The zero-order valence-corrected chi connectivity index (χ0v) is 14.7. The lowest BCUT2D eigenvalue weighted by Gasteiger charge is -2.43. The maximum atomic E-state index is 12.7. The Morgan fingerprint density at radius 2 is 1.96 bits per heavy atom. The molecule has 2 aliphatic carbocycles. The smallest absolute Gasteiger partial charge is 0.227 e. The number of carbonyl (C=O) groups excluding carboxylic acids is 1. The summed E-state index contributed by atoms with van der Waals surface area (Å²) in [5.41, 5.74) is 8.26. The van der Waals surface area contributed by atoms with Gasteiger partial charge < -0.3 is 15.8 Å². The molecule has 2 fully saturated rings. The standard InChI is InChI=1S/C20H28N2O2/c1-20(2)11-15-10-16(6-7-17(15)24-20)22-19(23)14-8-12-4-3-5-13(9-14)18(12)21/h6-7,10,12-14,18H,3-5,8-9,11,21H2,1-2H3,(H,22,23). The summed E-state index contributed by atoms with van der Waals surface area (Å²) in [5.74, 6) is 2.28. The van der Waals surface area contributed by atoms with Gasteiger partial charge in [0, 0.05) is 29.6 Å². The number of fused-ring (bicyclic) bond motifs is 3. The van der Waals surface area contributed by atoms with E-state index >= 15 is 0 Å². The van der Waals surface area contributed by atoms with Crippen LogP contribution in [0.3, 0.4) is 0 Å². The summed E-state index contributed by atoms with van der Waals surface area (Å²) < 4.78 is 5.91. The lowest BCUT2D eigenvalue weighted by Crippen LogP contribution is -2.48. The number of hydrogen-bond acceptors (Lipinski definition) is 3. The van der Waals surface area contributed by atoms with Gasteiger partial charge in [0.15, 0.2) is 0 Å². The van der Waals surface area contributed by atoms with Gasteiger partial charge >= 0.3 is 0 Å². The van der Waals surface area contributed by atoms with Crippen LogP contribution in [0.2, 0.25) is 0 Å². The number of benzene rings is 1. The second-order valence-corrected chi connectivity index (χ2v) is 8.55. The minimum atomic E-state index is -0.151. The van der Waals surface area contributed by atoms with Gasteiger partial charge in [-0.3, -0.25) is 4.79 Å². The van der Waals surface area contributed by atoms with E-state index in [2.05, 4.69) is 25.2 Å². The van der Waals surface area contributed by atoms with Crippen LogP contribution in [-0.4, -0.2) is 17.6 Å². The van der Waals surface area contributed by atoms with Crippen LogP contribution in [0.15, 0.2) is 18.2 Å². The molecule has 1 aromatic carbocycles. The summed E-state index contributed by atoms with van der Waals surface area (Å²) in [6.07, 6.45) is 6.43. The van der Waals surface area contributed by atoms with E-state index in [9.17, 15) is 4.79 Å². The van der Waals surface area contributed by atoms with Crippen LogP contribution in [0.4, 0.5) is 5.69 Å². The van der Waals surface area contributed by atoms with Crippen LogP contribution in [0.25, 0.3) is 0 Å². The first-order chi connectivity index (χ1) is 11.4. The molecule has 2 atom stereocenters. The number of ether oxygens (including phenoxy) is 1. The van der Waals surface area contributed by atoms with Crippen LogP contribution < -0.4 is 15.8 Å². The van der Waals surface area contributed by atoms with E-state index in [4.69, 9.17) is 10.5 Å². The van der Waals surface area contributed by atoms with Crippen molar-refractivity contribution in [1.82, 2.24) is 0 Å². The van der Waals surface area contributed by atoms with Crippen molar-refractivity contribution < 1.29 is 9.53 Å². The fourth-order valence-electron chi connectivity index (χ4n) is 4.93. The number of carbonyl (C=O) groups is 1. The molecular formula is C20H28N2O2. The molecule has 0 aromatic heterocycles. The Morgan fingerprint density at radius 3 is 2.67 bits per heavy atom. The molecule has 2 unspecified atom stereocenters. The number of nitrogens with two attached hydrogens (primary N) is 1. The second kappa shape index (κ2) is 5.76. The minimum absolute atomic E-state index is 0.112. The average molecular weight is 328 g/mol. The molecule has 1 amide bonds. The van der Waals surface area contributed by atoms with Gasteiger partial charge in [-0.05, 0) is 69.6 Å². The monoisotopic (exact) mass is 328 g/mol. The molecule has 2 saturated carbocycles. The molecule has 1 aromatic rings. The molecule has 24 heavy (non-hydrogen) atoms. The van der Waals surface area contributed by atoms with Crippen molar-refractivity contribution in [3.8, 4) is 5.75 Å². The molecule has 1 heterocycles. The summed E-state index contributed by atoms with van der Waals surface area (Å²) in [6, 6.07) is 6.30. The van der Waals surface area contributed by atoms with Crippen LogP contribution in [0.1, 0.15) is 51.5 Å². The van der Waals surface area contributed by atoms with E-state index in [1.807, 2.05) is 12.1 Å². The highest BCUT2D eigenvalue weighted by Crippen LogP contribution is 2.42. The van der Waals surface area contributed by atoms with E-state index in [1.54, 1.807) is 0 Å². The molecule has 4 heteroatoms. The van der Waals surface area contributed by atoms with E-state index in [0.717, 1.165) is 30.7 Å². The van der Waals surface area contributed by atoms with Crippen molar-refractivity contribution in [3.05, 3.63) is 23.8 Å². The average Bonchev–Trinajstić information content (AvgIpc) is 2.80. The third-order valence-corrected chi connectivity index (χ3v) is 6.11. The van der Waals surface area contributed by atoms with Crippen LogP contribution in [0.5, 0.6) is 5.75 Å². The van der Waals surface area contributed by atoms with Gasteiger partial charge in [-0.15, -0.1) is 0 Å². The van der Waals surface area contributed by atoms with E-state index in [-0.39, 0.29) is 17.4 Å². The third kappa shape index (κ3) is 2.92. The first-order valence-corrected chi connectivity index (χ1v) is 9.30. The van der Waals surface area contributed by atoms with Crippen LogP contribution >= 0.6 is 0 Å². The Bertz CT molecular complexity index is 641. The normalized spacial score (nSPS) is 33.5. The third-order valence-electron chi connectivity index (χ3n) is 6.11. The molecule has 2 bridgehead atoms. The van der Waals surface area contributed by atoms with Gasteiger partial charge in [0.05, 0.1) is 0 Å². The highest BCUT2D eigenvalue weighted by molar-refractivity contribution is 5.92. The van der Waals surface area contributed by atoms with Gasteiger partial charge in [-0.2, -0.15) is 0 Å². The lowest BCUT2D eigenvalue weighted by atomic mass is 9.65. The van der Waals surface area contributed by atoms with Crippen molar-refractivity contribution in [2.45, 2.75) is 64.0 Å². The molecule has 0 spiro atoms. The minimum Gasteiger partial charge on any atom is -0.487 e. The number of amides is 1. The lowest BCUT2D eigenvalue weighted by molar-refractivity contribution is -0.122. The van der Waals surface area contributed by atoms with Crippen molar-refractivity contribution in [2.75, 3.05) is 5.32 Å². The summed E-state index contributed by atoms with van der Waals surface area (Å²) in [4.78, 5) is 12.7. The predicted molar refractivity (Wildman–Crippen MR) is 95.0 cm³/mol. The summed E-state index contributed by atoms with van der Waals surface area (Å²) >= 11 is 0. The number of nitrogens with one attached hydrogen (secondary N) is 1. The molecule has 0 radical (unpaired) electrons. The summed E-state index contributed by atoms with van der Waals surface area (Å²) in [7, 11) is 0. The maximum absolute atomic E-state index is 12.7. The van der Waals surface area contributed by atoms with E-state index in [1.165, 1.54) is 24.8 Å². The van der Waals surface area contributed by atoms with Crippen LogP contribution in [0, 0.1) is 17.8 Å². The molecule has 130 valence electrons. The maximum Gasteiger partial charge on any atom is 0.227 e.